The first-order valence-electron chi connectivity index (χ1n) is 6.01. The molecule has 1 N–H and O–H groups in total. The third-order valence-corrected chi connectivity index (χ3v) is 2.78. The van der Waals surface area contributed by atoms with Crippen LogP contribution in [-0.4, -0.2) is 19.6 Å². The van der Waals surface area contributed by atoms with E-state index in [2.05, 4.69) is 31.3 Å². The van der Waals surface area contributed by atoms with E-state index in [9.17, 15) is 4.79 Å². The predicted octanol–water partition coefficient (Wildman–Crippen LogP) is 2.63. The number of rotatable bonds is 5. The SMILES string of the molecule is CCNC(C(=O)OC)c1ccc(C(C)C)cc1. The van der Waals surface area contributed by atoms with Crippen molar-refractivity contribution in [1.82, 2.24) is 5.32 Å². The molecule has 0 radical (unpaired) electrons. The van der Waals surface area contributed by atoms with Crippen LogP contribution in [-0.2, 0) is 9.53 Å². The van der Waals surface area contributed by atoms with Crippen LogP contribution in [0.4, 0.5) is 0 Å². The summed E-state index contributed by atoms with van der Waals surface area (Å²) in [5.74, 6) is 0.254. The molecule has 1 atom stereocenters. The molecule has 0 bridgehead atoms. The summed E-state index contributed by atoms with van der Waals surface area (Å²) in [4.78, 5) is 11.6. The number of methoxy groups -OCH3 is 1. The van der Waals surface area contributed by atoms with Crippen LogP contribution in [0.25, 0.3) is 0 Å². The Bertz CT molecular complexity index is 357. The molecule has 94 valence electrons. The minimum Gasteiger partial charge on any atom is -0.468 e. The number of ether oxygens (including phenoxy) is 1. The van der Waals surface area contributed by atoms with Crippen molar-refractivity contribution in [3.63, 3.8) is 0 Å². The Morgan fingerprint density at radius 3 is 2.18 bits per heavy atom. The summed E-state index contributed by atoms with van der Waals surface area (Å²) < 4.78 is 4.80. The van der Waals surface area contributed by atoms with E-state index in [0.717, 1.165) is 12.1 Å². The van der Waals surface area contributed by atoms with Crippen LogP contribution >= 0.6 is 0 Å². The fraction of sp³-hybridized carbons (Fsp3) is 0.500. The Hall–Kier alpha value is -1.35. The van der Waals surface area contributed by atoms with E-state index >= 15 is 0 Å². The van der Waals surface area contributed by atoms with Gasteiger partial charge in [0, 0.05) is 0 Å². The van der Waals surface area contributed by atoms with Gasteiger partial charge in [0.1, 0.15) is 6.04 Å². The van der Waals surface area contributed by atoms with Gasteiger partial charge in [-0.15, -0.1) is 0 Å². The molecule has 0 amide bonds. The average Bonchev–Trinajstić information content (AvgIpc) is 2.35. The van der Waals surface area contributed by atoms with Crippen molar-refractivity contribution in [2.45, 2.75) is 32.7 Å². The molecule has 0 aliphatic carbocycles. The number of carbonyl (C=O) groups is 1. The van der Waals surface area contributed by atoms with E-state index in [0.29, 0.717) is 5.92 Å². The van der Waals surface area contributed by atoms with Crippen LogP contribution in [0, 0.1) is 0 Å². The van der Waals surface area contributed by atoms with Crippen molar-refractivity contribution in [2.24, 2.45) is 0 Å². The number of hydrogen-bond acceptors (Lipinski definition) is 3. The molecule has 3 heteroatoms. The van der Waals surface area contributed by atoms with Gasteiger partial charge in [-0.3, -0.25) is 0 Å². The van der Waals surface area contributed by atoms with Crippen LogP contribution in [0.5, 0.6) is 0 Å². The number of nitrogens with one attached hydrogen (secondary N) is 1. The average molecular weight is 235 g/mol. The standard InChI is InChI=1S/C14H21NO2/c1-5-15-13(14(16)17-4)12-8-6-11(7-9-12)10(2)3/h6-10,13,15H,5H2,1-4H3. The maximum absolute atomic E-state index is 11.6. The highest BCUT2D eigenvalue weighted by molar-refractivity contribution is 5.77. The second kappa shape index (κ2) is 6.40. The number of carbonyl (C=O) groups excluding carboxylic acids is 1. The maximum Gasteiger partial charge on any atom is 0.327 e. The summed E-state index contributed by atoms with van der Waals surface area (Å²) in [6.07, 6.45) is 0. The molecule has 1 unspecified atom stereocenters. The van der Waals surface area contributed by atoms with E-state index < -0.39 is 0 Å². The molecule has 0 aromatic heterocycles. The zero-order valence-electron chi connectivity index (χ0n) is 11.0. The summed E-state index contributed by atoms with van der Waals surface area (Å²) in [6.45, 7) is 7.00. The molecule has 0 aliphatic rings. The zero-order chi connectivity index (χ0) is 12.8. The van der Waals surface area contributed by atoms with E-state index in [1.54, 1.807) is 0 Å². The van der Waals surface area contributed by atoms with E-state index in [4.69, 9.17) is 4.74 Å². The molecule has 1 rings (SSSR count). The molecular formula is C14H21NO2. The van der Waals surface area contributed by atoms with Crippen molar-refractivity contribution >= 4 is 5.97 Å². The first-order valence-corrected chi connectivity index (χ1v) is 6.01. The summed E-state index contributed by atoms with van der Waals surface area (Å²) in [5, 5.41) is 3.12. The maximum atomic E-state index is 11.6. The van der Waals surface area contributed by atoms with Gasteiger partial charge >= 0.3 is 5.97 Å². The fourth-order valence-corrected chi connectivity index (χ4v) is 1.73. The molecular weight excluding hydrogens is 214 g/mol. The fourth-order valence-electron chi connectivity index (χ4n) is 1.73. The van der Waals surface area contributed by atoms with E-state index in [1.165, 1.54) is 12.7 Å². The molecule has 1 aromatic rings. The lowest BCUT2D eigenvalue weighted by Gasteiger charge is -2.16. The first kappa shape index (κ1) is 13.7. The predicted molar refractivity (Wildman–Crippen MR) is 69.0 cm³/mol. The van der Waals surface area contributed by atoms with E-state index in [-0.39, 0.29) is 12.0 Å². The van der Waals surface area contributed by atoms with Gasteiger partial charge in [-0.1, -0.05) is 45.0 Å². The highest BCUT2D eigenvalue weighted by Gasteiger charge is 2.19. The Morgan fingerprint density at radius 2 is 1.76 bits per heavy atom. The molecule has 0 spiro atoms. The van der Waals surface area contributed by atoms with Gasteiger partial charge in [-0.25, -0.2) is 4.79 Å². The second-order valence-corrected chi connectivity index (χ2v) is 4.34. The number of hydrogen-bond donors (Lipinski definition) is 1. The Kier molecular flexibility index (Phi) is 5.16. The van der Waals surface area contributed by atoms with Crippen LogP contribution in [0.1, 0.15) is 43.9 Å². The van der Waals surface area contributed by atoms with Crippen molar-refractivity contribution in [1.29, 1.82) is 0 Å². The summed E-state index contributed by atoms with van der Waals surface area (Å²) in [6, 6.07) is 7.73. The largest absolute Gasteiger partial charge is 0.468 e. The topological polar surface area (TPSA) is 38.3 Å². The highest BCUT2D eigenvalue weighted by atomic mass is 16.5. The molecule has 1 aromatic carbocycles. The zero-order valence-corrected chi connectivity index (χ0v) is 11.0. The number of esters is 1. The Balaban J connectivity index is 2.91. The summed E-state index contributed by atoms with van der Waals surface area (Å²) in [5.41, 5.74) is 2.22. The van der Waals surface area contributed by atoms with E-state index in [1.807, 2.05) is 19.1 Å². The van der Waals surface area contributed by atoms with Gasteiger partial charge in [-0.05, 0) is 23.6 Å². The lowest BCUT2D eigenvalue weighted by molar-refractivity contribution is -0.143. The minimum absolute atomic E-state index is 0.246. The highest BCUT2D eigenvalue weighted by Crippen LogP contribution is 2.19. The van der Waals surface area contributed by atoms with Gasteiger partial charge in [0.25, 0.3) is 0 Å². The van der Waals surface area contributed by atoms with Crippen molar-refractivity contribution in [2.75, 3.05) is 13.7 Å². The number of benzene rings is 1. The number of likely N-dealkylation sites (N-methyl/N-ethyl adjacent to an activating group) is 1. The van der Waals surface area contributed by atoms with Gasteiger partial charge < -0.3 is 10.1 Å². The van der Waals surface area contributed by atoms with Crippen LogP contribution in [0.2, 0.25) is 0 Å². The first-order chi connectivity index (χ1) is 8.10. The quantitative estimate of drug-likeness (QED) is 0.797. The summed E-state index contributed by atoms with van der Waals surface area (Å²) >= 11 is 0. The Labute approximate surface area is 103 Å². The second-order valence-electron chi connectivity index (χ2n) is 4.34. The van der Waals surface area contributed by atoms with Crippen LogP contribution < -0.4 is 5.32 Å². The van der Waals surface area contributed by atoms with Crippen LogP contribution in [0.15, 0.2) is 24.3 Å². The lowest BCUT2D eigenvalue weighted by Crippen LogP contribution is -2.29. The van der Waals surface area contributed by atoms with Crippen LogP contribution in [0.3, 0.4) is 0 Å². The summed E-state index contributed by atoms with van der Waals surface area (Å²) in [7, 11) is 1.41. The van der Waals surface area contributed by atoms with Gasteiger partial charge in [0.2, 0.25) is 0 Å². The normalized spacial score (nSPS) is 12.5. The Morgan fingerprint density at radius 1 is 1.24 bits per heavy atom. The molecule has 17 heavy (non-hydrogen) atoms. The molecule has 0 heterocycles. The van der Waals surface area contributed by atoms with Crippen molar-refractivity contribution in [3.05, 3.63) is 35.4 Å². The molecule has 0 fully saturated rings. The van der Waals surface area contributed by atoms with Gasteiger partial charge in [-0.2, -0.15) is 0 Å². The molecule has 0 saturated heterocycles. The molecule has 0 aliphatic heterocycles. The van der Waals surface area contributed by atoms with Gasteiger partial charge in [0.15, 0.2) is 0 Å². The van der Waals surface area contributed by atoms with Crippen molar-refractivity contribution in [3.8, 4) is 0 Å². The lowest BCUT2D eigenvalue weighted by atomic mass is 9.99. The van der Waals surface area contributed by atoms with Gasteiger partial charge in [0.05, 0.1) is 7.11 Å². The third kappa shape index (κ3) is 3.56. The molecule has 3 nitrogen and oxygen atoms in total. The minimum atomic E-state index is -0.369. The third-order valence-electron chi connectivity index (χ3n) is 2.78. The molecule has 0 saturated carbocycles. The van der Waals surface area contributed by atoms with Crippen molar-refractivity contribution < 1.29 is 9.53 Å². The smallest absolute Gasteiger partial charge is 0.327 e. The monoisotopic (exact) mass is 235 g/mol.